The molecule has 3 aromatic carbocycles. The quantitative estimate of drug-likeness (QED) is 0.290. The van der Waals surface area contributed by atoms with Gasteiger partial charge in [0.25, 0.3) is 0 Å². The molecular weight excluding hydrogens is 350 g/mol. The number of halogens is 2. The van der Waals surface area contributed by atoms with Gasteiger partial charge in [-0.25, -0.2) is 8.78 Å². The lowest BCUT2D eigenvalue weighted by Crippen LogP contribution is -1.92. The van der Waals surface area contributed by atoms with E-state index >= 15 is 4.39 Å². The Kier molecular flexibility index (Phi) is 5.57. The van der Waals surface area contributed by atoms with Crippen molar-refractivity contribution < 1.29 is 8.78 Å². The molecular formula is C26H26F2. The maximum absolute atomic E-state index is 15.3. The van der Waals surface area contributed by atoms with Crippen LogP contribution in [0.2, 0.25) is 0 Å². The molecule has 3 aromatic rings. The van der Waals surface area contributed by atoms with E-state index in [4.69, 9.17) is 0 Å². The van der Waals surface area contributed by atoms with Crippen molar-refractivity contribution in [3.8, 4) is 22.3 Å². The van der Waals surface area contributed by atoms with E-state index in [0.717, 1.165) is 23.1 Å². The molecule has 0 aliphatic heterocycles. The van der Waals surface area contributed by atoms with Gasteiger partial charge in [-0.3, -0.25) is 0 Å². The molecule has 0 amide bonds. The lowest BCUT2D eigenvalue weighted by molar-refractivity contribution is 0.618. The summed E-state index contributed by atoms with van der Waals surface area (Å²) in [4.78, 5) is 0. The molecule has 0 atom stereocenters. The molecule has 0 fully saturated rings. The second kappa shape index (κ2) is 8.26. The maximum atomic E-state index is 15.3. The van der Waals surface area contributed by atoms with Crippen LogP contribution in [0.3, 0.4) is 0 Å². The van der Waals surface area contributed by atoms with Crippen molar-refractivity contribution in [1.29, 1.82) is 0 Å². The largest absolute Gasteiger partial charge is 0.207 e. The van der Waals surface area contributed by atoms with Crippen LogP contribution in [0.5, 0.6) is 0 Å². The lowest BCUT2D eigenvalue weighted by atomic mass is 9.97. The van der Waals surface area contributed by atoms with Crippen LogP contribution >= 0.6 is 0 Å². The average Bonchev–Trinajstić information content (AvgIpc) is 3.08. The van der Waals surface area contributed by atoms with E-state index in [0.29, 0.717) is 17.5 Å². The summed E-state index contributed by atoms with van der Waals surface area (Å²) in [5.41, 5.74) is 6.73. The van der Waals surface area contributed by atoms with E-state index in [2.05, 4.69) is 25.1 Å². The summed E-state index contributed by atoms with van der Waals surface area (Å²) in [7, 11) is 0. The summed E-state index contributed by atoms with van der Waals surface area (Å²) >= 11 is 0. The van der Waals surface area contributed by atoms with Gasteiger partial charge in [-0.2, -0.15) is 0 Å². The van der Waals surface area contributed by atoms with E-state index in [1.165, 1.54) is 55.4 Å². The van der Waals surface area contributed by atoms with E-state index in [1.54, 1.807) is 12.1 Å². The van der Waals surface area contributed by atoms with Crippen LogP contribution < -0.4 is 0 Å². The summed E-state index contributed by atoms with van der Waals surface area (Å²) < 4.78 is 28.4. The van der Waals surface area contributed by atoms with E-state index in [9.17, 15) is 4.39 Å². The first-order chi connectivity index (χ1) is 13.7. The van der Waals surface area contributed by atoms with Crippen LogP contribution in [0.25, 0.3) is 22.3 Å². The van der Waals surface area contributed by atoms with Gasteiger partial charge in [0, 0.05) is 17.5 Å². The standard InChI is InChI=1S/C26H26F2/c1-2-3-4-5-6-7-18-8-13-22-20(16-18)17-25-24(22)15-14-23(26(25)28)19-9-11-21(27)12-10-19/h8-16H,2-7,17H2,1H3. The van der Waals surface area contributed by atoms with Gasteiger partial charge < -0.3 is 0 Å². The van der Waals surface area contributed by atoms with E-state index < -0.39 is 0 Å². The van der Waals surface area contributed by atoms with Crippen molar-refractivity contribution in [3.05, 3.63) is 82.9 Å². The Morgan fingerprint density at radius 2 is 1.46 bits per heavy atom. The van der Waals surface area contributed by atoms with Crippen LogP contribution in [-0.2, 0) is 12.8 Å². The van der Waals surface area contributed by atoms with Gasteiger partial charge in [0.05, 0.1) is 0 Å². The fourth-order valence-corrected chi connectivity index (χ4v) is 4.23. The zero-order chi connectivity index (χ0) is 19.5. The molecule has 0 bridgehead atoms. The van der Waals surface area contributed by atoms with Crippen LogP contribution in [0.4, 0.5) is 8.78 Å². The predicted octanol–water partition coefficient (Wildman–Crippen LogP) is 7.72. The Morgan fingerprint density at radius 1 is 0.750 bits per heavy atom. The van der Waals surface area contributed by atoms with Crippen molar-refractivity contribution in [3.63, 3.8) is 0 Å². The highest BCUT2D eigenvalue weighted by atomic mass is 19.1. The second-order valence-corrected chi connectivity index (χ2v) is 7.79. The molecule has 0 N–H and O–H groups in total. The molecule has 0 saturated heterocycles. The molecule has 0 nitrogen and oxygen atoms in total. The first kappa shape index (κ1) is 18.9. The first-order valence-corrected chi connectivity index (χ1v) is 10.4. The van der Waals surface area contributed by atoms with Crippen molar-refractivity contribution in [2.45, 2.75) is 51.9 Å². The number of hydrogen-bond acceptors (Lipinski definition) is 0. The number of benzene rings is 3. The Hall–Kier alpha value is -2.48. The Balaban J connectivity index is 1.55. The van der Waals surface area contributed by atoms with Gasteiger partial charge in [-0.15, -0.1) is 0 Å². The third kappa shape index (κ3) is 3.73. The average molecular weight is 376 g/mol. The van der Waals surface area contributed by atoms with Crippen LogP contribution in [0, 0.1) is 11.6 Å². The summed E-state index contributed by atoms with van der Waals surface area (Å²) in [5, 5.41) is 0. The van der Waals surface area contributed by atoms with Crippen molar-refractivity contribution >= 4 is 0 Å². The molecule has 0 aromatic heterocycles. The van der Waals surface area contributed by atoms with Gasteiger partial charge in [0.2, 0.25) is 0 Å². The molecule has 0 heterocycles. The Bertz CT molecular complexity index is 970. The molecule has 144 valence electrons. The Morgan fingerprint density at radius 3 is 2.25 bits per heavy atom. The fourth-order valence-electron chi connectivity index (χ4n) is 4.23. The number of rotatable bonds is 7. The highest BCUT2D eigenvalue weighted by molar-refractivity contribution is 5.81. The summed E-state index contributed by atoms with van der Waals surface area (Å²) in [6.45, 7) is 2.23. The second-order valence-electron chi connectivity index (χ2n) is 7.79. The third-order valence-corrected chi connectivity index (χ3v) is 5.79. The van der Waals surface area contributed by atoms with Gasteiger partial charge >= 0.3 is 0 Å². The number of fused-ring (bicyclic) bond motifs is 3. The van der Waals surface area contributed by atoms with Gasteiger partial charge in [0.1, 0.15) is 11.6 Å². The zero-order valence-corrected chi connectivity index (χ0v) is 16.4. The van der Waals surface area contributed by atoms with Gasteiger partial charge in [0.15, 0.2) is 0 Å². The summed E-state index contributed by atoms with van der Waals surface area (Å²) in [6, 6.07) is 16.5. The minimum atomic E-state index is -0.306. The van der Waals surface area contributed by atoms with Crippen LogP contribution in [0.15, 0.2) is 54.6 Å². The normalized spacial score (nSPS) is 12.1. The van der Waals surface area contributed by atoms with Crippen LogP contribution in [0.1, 0.15) is 55.7 Å². The van der Waals surface area contributed by atoms with E-state index in [-0.39, 0.29) is 11.6 Å². The molecule has 1 aliphatic carbocycles. The molecule has 0 spiro atoms. The lowest BCUT2D eigenvalue weighted by Gasteiger charge is -2.08. The first-order valence-electron chi connectivity index (χ1n) is 10.4. The number of aryl methyl sites for hydroxylation is 1. The minimum Gasteiger partial charge on any atom is -0.207 e. The highest BCUT2D eigenvalue weighted by Gasteiger charge is 2.24. The molecule has 28 heavy (non-hydrogen) atoms. The van der Waals surface area contributed by atoms with Crippen molar-refractivity contribution in [2.75, 3.05) is 0 Å². The van der Waals surface area contributed by atoms with Gasteiger partial charge in [-0.05, 0) is 52.8 Å². The third-order valence-electron chi connectivity index (χ3n) is 5.79. The fraction of sp³-hybridized carbons (Fsp3) is 0.308. The molecule has 0 radical (unpaired) electrons. The smallest absolute Gasteiger partial charge is 0.135 e. The maximum Gasteiger partial charge on any atom is 0.135 e. The van der Waals surface area contributed by atoms with Crippen molar-refractivity contribution in [1.82, 2.24) is 0 Å². The number of unbranched alkanes of at least 4 members (excludes halogenated alkanes) is 4. The Labute approximate surface area is 166 Å². The van der Waals surface area contributed by atoms with Crippen molar-refractivity contribution in [2.24, 2.45) is 0 Å². The van der Waals surface area contributed by atoms with Gasteiger partial charge in [-0.1, -0.05) is 75.1 Å². The molecule has 0 unspecified atom stereocenters. The predicted molar refractivity (Wildman–Crippen MR) is 112 cm³/mol. The molecule has 1 aliphatic rings. The number of hydrogen-bond donors (Lipinski definition) is 0. The summed E-state index contributed by atoms with van der Waals surface area (Å²) in [6.07, 6.45) is 8.11. The molecule has 0 saturated carbocycles. The van der Waals surface area contributed by atoms with E-state index in [1.807, 2.05) is 12.1 Å². The SMILES string of the molecule is CCCCCCCc1ccc2c(c1)Cc1c-2ccc(-c2ccc(F)cc2)c1F. The monoisotopic (exact) mass is 376 g/mol. The zero-order valence-electron chi connectivity index (χ0n) is 16.4. The topological polar surface area (TPSA) is 0 Å². The summed E-state index contributed by atoms with van der Waals surface area (Å²) in [5.74, 6) is -0.485. The minimum absolute atomic E-state index is 0.179. The molecule has 2 heteroatoms. The highest BCUT2D eigenvalue weighted by Crippen LogP contribution is 2.41. The van der Waals surface area contributed by atoms with Crippen LogP contribution in [-0.4, -0.2) is 0 Å². The molecule has 4 rings (SSSR count).